The molecule has 0 aliphatic carbocycles. The van der Waals surface area contributed by atoms with E-state index in [0.29, 0.717) is 19.6 Å². The molecule has 0 spiro atoms. The summed E-state index contributed by atoms with van der Waals surface area (Å²) in [6, 6.07) is 5.91. The zero-order valence-electron chi connectivity index (χ0n) is 11.5. The third kappa shape index (κ3) is 2.70. The summed E-state index contributed by atoms with van der Waals surface area (Å²) in [4.78, 5) is 11.6. The number of ether oxygens (including phenoxy) is 1. The number of nitrogens with one attached hydrogen (secondary N) is 1. The molecule has 1 aromatic carbocycles. The Morgan fingerprint density at radius 1 is 1.45 bits per heavy atom. The number of nitrogens with zero attached hydrogens (tertiary/aromatic N) is 1. The molecule has 20 heavy (non-hydrogen) atoms. The lowest BCUT2D eigenvalue weighted by Gasteiger charge is -2.36. The number of carbonyl (C=O) groups excluding carboxylic acids is 1. The molecule has 1 N–H and O–H groups in total. The molecular formula is C13H18N2O4S. The van der Waals surface area contributed by atoms with Crippen LogP contribution in [0.4, 0.5) is 0 Å². The van der Waals surface area contributed by atoms with Crippen molar-refractivity contribution in [1.82, 2.24) is 9.62 Å². The summed E-state index contributed by atoms with van der Waals surface area (Å²) < 4.78 is 31.3. The van der Waals surface area contributed by atoms with Gasteiger partial charge in [-0.1, -0.05) is 13.0 Å². The van der Waals surface area contributed by atoms with Crippen LogP contribution in [0, 0.1) is 0 Å². The van der Waals surface area contributed by atoms with Crippen molar-refractivity contribution in [2.24, 2.45) is 0 Å². The summed E-state index contributed by atoms with van der Waals surface area (Å²) in [6.07, 6.45) is 0. The minimum Gasteiger partial charge on any atom is -0.465 e. The average Bonchev–Trinajstić information content (AvgIpc) is 2.41. The number of rotatable bonds is 5. The number of likely N-dealkylation sites (N-methyl/N-ethyl adjacent to an activating group) is 1. The Balaban J connectivity index is 2.35. The van der Waals surface area contributed by atoms with Crippen LogP contribution < -0.4 is 5.32 Å². The molecule has 110 valence electrons. The van der Waals surface area contributed by atoms with Crippen LogP contribution in [0.25, 0.3) is 0 Å². The van der Waals surface area contributed by atoms with Gasteiger partial charge in [-0.2, -0.15) is 4.31 Å². The van der Waals surface area contributed by atoms with Gasteiger partial charge in [0.1, 0.15) is 0 Å². The lowest BCUT2D eigenvalue weighted by Crippen LogP contribution is -2.58. The zero-order valence-corrected chi connectivity index (χ0v) is 12.3. The average molecular weight is 298 g/mol. The minimum atomic E-state index is -3.59. The fourth-order valence-corrected chi connectivity index (χ4v) is 3.82. The van der Waals surface area contributed by atoms with Gasteiger partial charge in [0.15, 0.2) is 0 Å². The standard InChI is InChI=1S/C13H18N2O4S/c1-3-15(11-8-14-9-11)20(17,18)12-6-4-5-10(7-12)13(16)19-2/h4-7,11,14H,3,8-9H2,1-2H3. The molecule has 0 radical (unpaired) electrons. The Bertz CT molecular complexity index is 596. The first-order valence-corrected chi connectivity index (χ1v) is 7.85. The first-order valence-electron chi connectivity index (χ1n) is 6.41. The predicted molar refractivity (Wildman–Crippen MR) is 74.0 cm³/mol. The van der Waals surface area contributed by atoms with Gasteiger partial charge in [0.2, 0.25) is 10.0 Å². The molecule has 1 heterocycles. The number of methoxy groups -OCH3 is 1. The van der Waals surface area contributed by atoms with E-state index in [4.69, 9.17) is 0 Å². The van der Waals surface area contributed by atoms with Crippen molar-refractivity contribution >= 4 is 16.0 Å². The second-order valence-electron chi connectivity index (χ2n) is 4.54. The predicted octanol–water partition coefficient (Wildman–Crippen LogP) is 0.456. The summed E-state index contributed by atoms with van der Waals surface area (Å²) in [6.45, 7) is 3.52. The number of benzene rings is 1. The Morgan fingerprint density at radius 3 is 2.65 bits per heavy atom. The lowest BCUT2D eigenvalue weighted by molar-refractivity contribution is 0.0600. The van der Waals surface area contributed by atoms with Crippen molar-refractivity contribution in [2.45, 2.75) is 17.9 Å². The second kappa shape index (κ2) is 5.90. The van der Waals surface area contributed by atoms with Crippen LogP contribution in [0.15, 0.2) is 29.2 Å². The van der Waals surface area contributed by atoms with Crippen molar-refractivity contribution in [1.29, 1.82) is 0 Å². The summed E-state index contributed by atoms with van der Waals surface area (Å²) in [5.74, 6) is -0.546. The van der Waals surface area contributed by atoms with Gasteiger partial charge in [-0.25, -0.2) is 13.2 Å². The van der Waals surface area contributed by atoms with E-state index in [2.05, 4.69) is 10.1 Å². The van der Waals surface area contributed by atoms with E-state index in [1.807, 2.05) is 0 Å². The zero-order chi connectivity index (χ0) is 14.8. The molecule has 1 aliphatic heterocycles. The van der Waals surface area contributed by atoms with Crippen LogP contribution in [0.1, 0.15) is 17.3 Å². The third-order valence-corrected chi connectivity index (χ3v) is 5.36. The van der Waals surface area contributed by atoms with Crippen LogP contribution >= 0.6 is 0 Å². The van der Waals surface area contributed by atoms with E-state index in [9.17, 15) is 13.2 Å². The van der Waals surface area contributed by atoms with E-state index in [1.165, 1.54) is 29.6 Å². The first kappa shape index (κ1) is 15.0. The summed E-state index contributed by atoms with van der Waals surface area (Å²) in [5.41, 5.74) is 0.233. The molecule has 1 saturated heterocycles. The van der Waals surface area contributed by atoms with E-state index in [1.54, 1.807) is 13.0 Å². The molecule has 0 amide bonds. The van der Waals surface area contributed by atoms with Gasteiger partial charge in [0.25, 0.3) is 0 Å². The summed E-state index contributed by atoms with van der Waals surface area (Å²) in [7, 11) is -2.32. The van der Waals surface area contributed by atoms with Crippen LogP contribution in [0.2, 0.25) is 0 Å². The third-order valence-electron chi connectivity index (χ3n) is 3.34. The number of hydrogen-bond donors (Lipinski definition) is 1. The molecule has 0 saturated carbocycles. The molecule has 7 heteroatoms. The molecule has 1 aliphatic rings. The Kier molecular flexibility index (Phi) is 4.42. The lowest BCUT2D eigenvalue weighted by atomic mass is 10.2. The normalized spacial score (nSPS) is 15.9. The highest BCUT2D eigenvalue weighted by molar-refractivity contribution is 7.89. The van der Waals surface area contributed by atoms with Crippen LogP contribution in [0.5, 0.6) is 0 Å². The maximum absolute atomic E-state index is 12.6. The topological polar surface area (TPSA) is 75.7 Å². The Labute approximate surface area is 118 Å². The van der Waals surface area contributed by atoms with Gasteiger partial charge in [0, 0.05) is 25.7 Å². The molecule has 1 fully saturated rings. The number of hydrogen-bond acceptors (Lipinski definition) is 5. The number of carbonyl (C=O) groups is 1. The van der Waals surface area contributed by atoms with Crippen molar-refractivity contribution in [2.75, 3.05) is 26.7 Å². The molecule has 1 aromatic rings. The highest BCUT2D eigenvalue weighted by Gasteiger charge is 2.33. The van der Waals surface area contributed by atoms with E-state index >= 15 is 0 Å². The second-order valence-corrected chi connectivity index (χ2v) is 6.43. The van der Waals surface area contributed by atoms with Crippen molar-refractivity contribution < 1.29 is 17.9 Å². The monoisotopic (exact) mass is 298 g/mol. The van der Waals surface area contributed by atoms with E-state index in [0.717, 1.165) is 0 Å². The SMILES string of the molecule is CCN(C1CNC1)S(=O)(=O)c1cccc(C(=O)OC)c1. The number of esters is 1. The van der Waals surface area contributed by atoms with Gasteiger partial charge in [0.05, 0.1) is 17.6 Å². The molecule has 0 unspecified atom stereocenters. The van der Waals surface area contributed by atoms with Crippen LogP contribution in [-0.4, -0.2) is 51.5 Å². The highest BCUT2D eigenvalue weighted by atomic mass is 32.2. The molecule has 0 bridgehead atoms. The summed E-state index contributed by atoms with van der Waals surface area (Å²) >= 11 is 0. The fourth-order valence-electron chi connectivity index (χ4n) is 2.14. The van der Waals surface area contributed by atoms with E-state index in [-0.39, 0.29) is 16.5 Å². The van der Waals surface area contributed by atoms with Gasteiger partial charge in [-0.3, -0.25) is 0 Å². The molecule has 2 rings (SSSR count). The van der Waals surface area contributed by atoms with Gasteiger partial charge in [-0.15, -0.1) is 0 Å². The molecule has 0 atom stereocenters. The van der Waals surface area contributed by atoms with Gasteiger partial charge < -0.3 is 10.1 Å². The van der Waals surface area contributed by atoms with Gasteiger partial charge >= 0.3 is 5.97 Å². The van der Waals surface area contributed by atoms with Crippen molar-refractivity contribution in [3.63, 3.8) is 0 Å². The van der Waals surface area contributed by atoms with Crippen LogP contribution in [-0.2, 0) is 14.8 Å². The fraction of sp³-hybridized carbons (Fsp3) is 0.462. The minimum absolute atomic E-state index is 0.0215. The highest BCUT2D eigenvalue weighted by Crippen LogP contribution is 2.21. The molecule has 6 nitrogen and oxygen atoms in total. The molecular weight excluding hydrogens is 280 g/mol. The Hall–Kier alpha value is -1.44. The van der Waals surface area contributed by atoms with E-state index < -0.39 is 16.0 Å². The molecule has 0 aromatic heterocycles. The maximum atomic E-state index is 12.6. The van der Waals surface area contributed by atoms with Crippen molar-refractivity contribution in [3.05, 3.63) is 29.8 Å². The maximum Gasteiger partial charge on any atom is 0.337 e. The van der Waals surface area contributed by atoms with Crippen molar-refractivity contribution in [3.8, 4) is 0 Å². The quantitative estimate of drug-likeness (QED) is 0.799. The summed E-state index contributed by atoms with van der Waals surface area (Å²) in [5, 5.41) is 3.06. The Morgan fingerprint density at radius 2 is 2.15 bits per heavy atom. The largest absolute Gasteiger partial charge is 0.465 e. The smallest absolute Gasteiger partial charge is 0.337 e. The first-order chi connectivity index (χ1) is 9.50. The number of sulfonamides is 1. The van der Waals surface area contributed by atoms with Crippen LogP contribution in [0.3, 0.4) is 0 Å². The van der Waals surface area contributed by atoms with Gasteiger partial charge in [-0.05, 0) is 18.2 Å².